The molecule has 0 aromatic heterocycles. The molecule has 1 aliphatic heterocycles. The lowest BCUT2D eigenvalue weighted by Crippen LogP contribution is -2.40. The van der Waals surface area contributed by atoms with E-state index in [1.54, 1.807) is 0 Å². The Hall–Kier alpha value is -0.940. The second kappa shape index (κ2) is 6.48. The van der Waals surface area contributed by atoms with Crippen LogP contribution in [0.5, 0.6) is 0 Å². The Labute approximate surface area is 116 Å². The van der Waals surface area contributed by atoms with E-state index in [0.29, 0.717) is 0 Å². The number of hydrogen-bond acceptors (Lipinski definition) is 3. The average molecular weight is 285 g/mol. The number of carbonyl (C=O) groups excluding carboxylic acids is 1. The highest BCUT2D eigenvalue weighted by atomic mass is 32.2. The minimum Gasteiger partial charge on any atom is -0.293 e. The number of rotatable bonds is 3. The predicted molar refractivity (Wildman–Crippen MR) is 73.7 cm³/mol. The molecule has 5 heteroatoms. The van der Waals surface area contributed by atoms with Crippen LogP contribution in [0.1, 0.15) is 23.7 Å². The molecule has 1 unspecified atom stereocenters. The van der Waals surface area contributed by atoms with Gasteiger partial charge in [-0.3, -0.25) is 9.69 Å². The second-order valence-corrected chi connectivity index (χ2v) is 5.90. The van der Waals surface area contributed by atoms with Crippen LogP contribution in [0, 0.1) is 11.6 Å². The molecule has 1 aromatic carbocycles. The first kappa shape index (κ1) is 14.5. The third-order valence-corrected chi connectivity index (χ3v) is 4.44. The van der Waals surface area contributed by atoms with Crippen molar-refractivity contribution in [2.24, 2.45) is 0 Å². The van der Waals surface area contributed by atoms with Crippen molar-refractivity contribution < 1.29 is 13.6 Å². The van der Waals surface area contributed by atoms with Crippen molar-refractivity contribution in [3.8, 4) is 0 Å². The highest BCUT2D eigenvalue weighted by molar-refractivity contribution is 7.99. The SMILES string of the molecule is CC(C(=O)c1ccc(F)c(F)c1)N1CCCSCC1. The topological polar surface area (TPSA) is 20.3 Å². The van der Waals surface area contributed by atoms with E-state index in [1.807, 2.05) is 18.7 Å². The van der Waals surface area contributed by atoms with Crippen LogP contribution in [-0.4, -0.2) is 41.3 Å². The fourth-order valence-electron chi connectivity index (χ4n) is 2.21. The van der Waals surface area contributed by atoms with Crippen LogP contribution in [0.25, 0.3) is 0 Å². The Morgan fingerprint density at radius 2 is 2.05 bits per heavy atom. The minimum absolute atomic E-state index is 0.147. The van der Waals surface area contributed by atoms with Crippen molar-refractivity contribution in [2.75, 3.05) is 24.6 Å². The minimum atomic E-state index is -0.968. The summed E-state index contributed by atoms with van der Waals surface area (Å²) in [5, 5.41) is 0. The van der Waals surface area contributed by atoms with E-state index in [2.05, 4.69) is 4.90 Å². The van der Waals surface area contributed by atoms with Crippen molar-refractivity contribution in [3.05, 3.63) is 35.4 Å². The summed E-state index contributed by atoms with van der Waals surface area (Å²) < 4.78 is 26.0. The summed E-state index contributed by atoms with van der Waals surface area (Å²) in [5.41, 5.74) is 0.239. The smallest absolute Gasteiger partial charge is 0.179 e. The first-order chi connectivity index (χ1) is 9.09. The maximum atomic E-state index is 13.2. The largest absolute Gasteiger partial charge is 0.293 e. The Morgan fingerprint density at radius 1 is 1.26 bits per heavy atom. The third-order valence-electron chi connectivity index (χ3n) is 3.39. The molecule has 1 atom stereocenters. The standard InChI is InChI=1S/C14H17F2NOS/c1-10(17-5-2-7-19-8-6-17)14(18)11-3-4-12(15)13(16)9-11/h3-4,9-10H,2,5-8H2,1H3. The lowest BCUT2D eigenvalue weighted by Gasteiger charge is -2.26. The molecule has 2 rings (SSSR count). The zero-order valence-corrected chi connectivity index (χ0v) is 11.7. The monoisotopic (exact) mass is 285 g/mol. The maximum absolute atomic E-state index is 13.2. The molecule has 1 aliphatic rings. The van der Waals surface area contributed by atoms with E-state index >= 15 is 0 Å². The van der Waals surface area contributed by atoms with Crippen LogP contribution < -0.4 is 0 Å². The van der Waals surface area contributed by atoms with Gasteiger partial charge in [-0.2, -0.15) is 11.8 Å². The highest BCUT2D eigenvalue weighted by Gasteiger charge is 2.23. The van der Waals surface area contributed by atoms with Crippen LogP contribution in [0.15, 0.2) is 18.2 Å². The molecule has 0 N–H and O–H groups in total. The molecule has 1 heterocycles. The molecular weight excluding hydrogens is 268 g/mol. The van der Waals surface area contributed by atoms with Gasteiger partial charge in [0.15, 0.2) is 17.4 Å². The summed E-state index contributed by atoms with van der Waals surface area (Å²) in [6.45, 7) is 3.57. The van der Waals surface area contributed by atoms with Crippen LogP contribution in [0.3, 0.4) is 0 Å². The van der Waals surface area contributed by atoms with E-state index in [1.165, 1.54) is 6.07 Å². The molecule has 0 aliphatic carbocycles. The number of benzene rings is 1. The number of nitrogens with zero attached hydrogens (tertiary/aromatic N) is 1. The average Bonchev–Trinajstić information content (AvgIpc) is 2.69. The fraction of sp³-hybridized carbons (Fsp3) is 0.500. The van der Waals surface area contributed by atoms with Gasteiger partial charge in [0.2, 0.25) is 0 Å². The fourth-order valence-corrected chi connectivity index (χ4v) is 3.11. The van der Waals surface area contributed by atoms with Crippen LogP contribution in [0.2, 0.25) is 0 Å². The first-order valence-electron chi connectivity index (χ1n) is 6.40. The lowest BCUT2D eigenvalue weighted by molar-refractivity contribution is 0.0848. The molecule has 0 saturated carbocycles. The van der Waals surface area contributed by atoms with Gasteiger partial charge in [0.25, 0.3) is 0 Å². The van der Waals surface area contributed by atoms with Crippen LogP contribution >= 0.6 is 11.8 Å². The molecule has 104 valence electrons. The van der Waals surface area contributed by atoms with Crippen molar-refractivity contribution in [1.82, 2.24) is 4.90 Å². The Bertz CT molecular complexity index is 459. The van der Waals surface area contributed by atoms with Gasteiger partial charge in [0.05, 0.1) is 6.04 Å². The lowest BCUT2D eigenvalue weighted by atomic mass is 10.0. The maximum Gasteiger partial charge on any atom is 0.179 e. The number of carbonyl (C=O) groups is 1. The Kier molecular flexibility index (Phi) is 4.93. The molecule has 0 amide bonds. The zero-order valence-electron chi connectivity index (χ0n) is 10.9. The summed E-state index contributed by atoms with van der Waals surface area (Å²) in [6.07, 6.45) is 1.06. The molecular formula is C14H17F2NOS. The molecule has 19 heavy (non-hydrogen) atoms. The normalized spacial score (nSPS) is 18.9. The Morgan fingerprint density at radius 3 is 2.79 bits per heavy atom. The zero-order chi connectivity index (χ0) is 13.8. The molecule has 1 saturated heterocycles. The second-order valence-electron chi connectivity index (χ2n) is 4.67. The predicted octanol–water partition coefficient (Wildman–Crippen LogP) is 2.97. The third kappa shape index (κ3) is 3.54. The summed E-state index contributed by atoms with van der Waals surface area (Å²) in [5.74, 6) is 0.0866. The number of Topliss-reactive ketones (excluding diaryl/α,β-unsaturated/α-hetero) is 1. The van der Waals surface area contributed by atoms with Crippen molar-refractivity contribution in [2.45, 2.75) is 19.4 Å². The molecule has 1 aromatic rings. The van der Waals surface area contributed by atoms with Gasteiger partial charge in [-0.1, -0.05) is 0 Å². The first-order valence-corrected chi connectivity index (χ1v) is 7.56. The van der Waals surface area contributed by atoms with E-state index < -0.39 is 11.6 Å². The molecule has 0 bridgehead atoms. The summed E-state index contributed by atoms with van der Waals surface area (Å²) in [7, 11) is 0. The number of thioether (sulfide) groups is 1. The highest BCUT2D eigenvalue weighted by Crippen LogP contribution is 2.17. The van der Waals surface area contributed by atoms with E-state index in [-0.39, 0.29) is 17.4 Å². The van der Waals surface area contributed by atoms with Gasteiger partial charge in [-0.15, -0.1) is 0 Å². The van der Waals surface area contributed by atoms with Crippen molar-refractivity contribution in [1.29, 1.82) is 0 Å². The summed E-state index contributed by atoms with van der Waals surface area (Å²) >= 11 is 1.89. The van der Waals surface area contributed by atoms with Gasteiger partial charge >= 0.3 is 0 Å². The van der Waals surface area contributed by atoms with Crippen LogP contribution in [0.4, 0.5) is 8.78 Å². The van der Waals surface area contributed by atoms with E-state index in [0.717, 1.165) is 43.1 Å². The van der Waals surface area contributed by atoms with E-state index in [9.17, 15) is 13.6 Å². The van der Waals surface area contributed by atoms with Gasteiger partial charge in [0.1, 0.15) is 0 Å². The van der Waals surface area contributed by atoms with Crippen molar-refractivity contribution >= 4 is 17.5 Å². The number of hydrogen-bond donors (Lipinski definition) is 0. The van der Waals surface area contributed by atoms with Crippen LogP contribution in [-0.2, 0) is 0 Å². The molecule has 0 spiro atoms. The Balaban J connectivity index is 2.10. The summed E-state index contributed by atoms with van der Waals surface area (Å²) in [4.78, 5) is 14.4. The van der Waals surface area contributed by atoms with Gasteiger partial charge < -0.3 is 0 Å². The number of ketones is 1. The summed E-state index contributed by atoms with van der Waals surface area (Å²) in [6, 6.07) is 3.06. The quantitative estimate of drug-likeness (QED) is 0.796. The van der Waals surface area contributed by atoms with Crippen molar-refractivity contribution in [3.63, 3.8) is 0 Å². The van der Waals surface area contributed by atoms with Gasteiger partial charge in [-0.05, 0) is 43.8 Å². The number of halogens is 2. The van der Waals surface area contributed by atoms with E-state index in [4.69, 9.17) is 0 Å². The molecule has 1 fully saturated rings. The molecule has 0 radical (unpaired) electrons. The molecule has 2 nitrogen and oxygen atoms in total. The van der Waals surface area contributed by atoms with Gasteiger partial charge in [0, 0.05) is 17.9 Å². The van der Waals surface area contributed by atoms with Gasteiger partial charge in [-0.25, -0.2) is 8.78 Å².